The van der Waals surface area contributed by atoms with E-state index in [9.17, 15) is 4.79 Å². The van der Waals surface area contributed by atoms with Crippen molar-refractivity contribution in [3.8, 4) is 5.75 Å². The second-order valence-corrected chi connectivity index (χ2v) is 6.23. The molecule has 5 nitrogen and oxygen atoms in total. The number of nitrogens with zero attached hydrogens (tertiary/aromatic N) is 1. The van der Waals surface area contributed by atoms with Gasteiger partial charge in [-0.3, -0.25) is 0 Å². The Kier molecular flexibility index (Phi) is 6.07. The van der Waals surface area contributed by atoms with E-state index in [0.717, 1.165) is 37.0 Å². The Morgan fingerprint density at radius 2 is 2.14 bits per heavy atom. The number of ether oxygens (including phenoxy) is 1. The Bertz CT molecular complexity index is 475. The van der Waals surface area contributed by atoms with Gasteiger partial charge in [0, 0.05) is 24.8 Å². The van der Waals surface area contributed by atoms with E-state index in [-0.39, 0.29) is 12.1 Å². The number of hydrogen-bond acceptors (Lipinski definition) is 3. The van der Waals surface area contributed by atoms with Gasteiger partial charge in [-0.2, -0.15) is 0 Å². The predicted octanol–water partition coefficient (Wildman–Crippen LogP) is 2.94. The smallest absolute Gasteiger partial charge is 0.319 e. The van der Waals surface area contributed by atoms with Crippen LogP contribution in [0.1, 0.15) is 26.7 Å². The Morgan fingerprint density at radius 3 is 2.77 bits per heavy atom. The number of methoxy groups -OCH3 is 1. The third-order valence-corrected chi connectivity index (χ3v) is 4.00. The Morgan fingerprint density at radius 1 is 1.41 bits per heavy atom. The van der Waals surface area contributed by atoms with Crippen LogP contribution in [-0.2, 0) is 0 Å². The lowest BCUT2D eigenvalue weighted by Gasteiger charge is -2.32. The van der Waals surface area contributed by atoms with Crippen LogP contribution in [0.2, 0.25) is 0 Å². The fourth-order valence-electron chi connectivity index (χ4n) is 2.95. The van der Waals surface area contributed by atoms with Crippen molar-refractivity contribution >= 4 is 11.7 Å². The summed E-state index contributed by atoms with van der Waals surface area (Å²) in [6.45, 7) is 7.51. The lowest BCUT2D eigenvalue weighted by atomic mass is 10.00. The molecule has 1 aromatic rings. The second-order valence-electron chi connectivity index (χ2n) is 6.23. The number of nitrogens with one attached hydrogen (secondary N) is 2. The van der Waals surface area contributed by atoms with Crippen LogP contribution in [0.15, 0.2) is 24.3 Å². The molecule has 0 spiro atoms. The number of anilines is 1. The van der Waals surface area contributed by atoms with E-state index in [1.54, 1.807) is 7.11 Å². The highest BCUT2D eigenvalue weighted by atomic mass is 16.5. The van der Waals surface area contributed by atoms with Gasteiger partial charge >= 0.3 is 6.03 Å². The summed E-state index contributed by atoms with van der Waals surface area (Å²) in [6.07, 6.45) is 2.57. The van der Waals surface area contributed by atoms with Gasteiger partial charge in [0.05, 0.1) is 7.11 Å². The van der Waals surface area contributed by atoms with E-state index in [1.165, 1.54) is 12.8 Å². The number of piperidine rings is 1. The number of hydrogen-bond donors (Lipinski definition) is 2. The fraction of sp³-hybridized carbons (Fsp3) is 0.588. The molecule has 5 heteroatoms. The molecule has 1 fully saturated rings. The van der Waals surface area contributed by atoms with Crippen molar-refractivity contribution in [2.24, 2.45) is 5.92 Å². The Hall–Kier alpha value is -1.75. The van der Waals surface area contributed by atoms with Crippen LogP contribution in [0.5, 0.6) is 5.75 Å². The molecule has 0 aromatic heterocycles. The van der Waals surface area contributed by atoms with Gasteiger partial charge in [-0.05, 0) is 56.5 Å². The number of amides is 2. The van der Waals surface area contributed by atoms with Crippen molar-refractivity contribution in [1.82, 2.24) is 10.2 Å². The monoisotopic (exact) mass is 305 g/mol. The summed E-state index contributed by atoms with van der Waals surface area (Å²) in [6, 6.07) is 7.28. The average Bonchev–Trinajstić information content (AvgIpc) is 2.47. The van der Waals surface area contributed by atoms with Crippen molar-refractivity contribution in [3.05, 3.63) is 24.3 Å². The first-order valence-electron chi connectivity index (χ1n) is 8.00. The standard InChI is InChI=1S/C17H27N3O2/c1-13-5-4-10-20(11-13)12-14(2)18-17(21)19-15-6-8-16(22-3)9-7-15/h6-9,13-14H,4-5,10-12H2,1-3H3,(H2,18,19,21)/t13-,14-/m1/s1. The summed E-state index contributed by atoms with van der Waals surface area (Å²) >= 11 is 0. The highest BCUT2D eigenvalue weighted by Crippen LogP contribution is 2.16. The van der Waals surface area contributed by atoms with E-state index in [0.29, 0.717) is 0 Å². The van der Waals surface area contributed by atoms with Crippen LogP contribution in [0.25, 0.3) is 0 Å². The molecule has 2 rings (SSSR count). The maximum atomic E-state index is 12.0. The third kappa shape index (κ3) is 5.22. The van der Waals surface area contributed by atoms with Crippen LogP contribution in [0, 0.1) is 5.92 Å². The van der Waals surface area contributed by atoms with Crippen molar-refractivity contribution in [2.45, 2.75) is 32.7 Å². The highest BCUT2D eigenvalue weighted by molar-refractivity contribution is 5.89. The lowest BCUT2D eigenvalue weighted by molar-refractivity contribution is 0.170. The third-order valence-electron chi connectivity index (χ3n) is 4.00. The van der Waals surface area contributed by atoms with Gasteiger partial charge in [-0.25, -0.2) is 4.79 Å². The quantitative estimate of drug-likeness (QED) is 0.879. The van der Waals surface area contributed by atoms with E-state index in [4.69, 9.17) is 4.74 Å². The van der Waals surface area contributed by atoms with Crippen molar-refractivity contribution in [3.63, 3.8) is 0 Å². The Balaban J connectivity index is 1.75. The zero-order valence-electron chi connectivity index (χ0n) is 13.8. The van der Waals surface area contributed by atoms with Gasteiger partial charge in [-0.15, -0.1) is 0 Å². The summed E-state index contributed by atoms with van der Waals surface area (Å²) in [5.41, 5.74) is 0.761. The molecule has 2 N–H and O–H groups in total. The van der Waals surface area contributed by atoms with Crippen LogP contribution < -0.4 is 15.4 Å². The van der Waals surface area contributed by atoms with E-state index in [2.05, 4.69) is 22.5 Å². The van der Waals surface area contributed by atoms with Crippen molar-refractivity contribution in [2.75, 3.05) is 32.1 Å². The number of rotatable bonds is 5. The van der Waals surface area contributed by atoms with Gasteiger partial charge in [-0.1, -0.05) is 6.92 Å². The number of carbonyl (C=O) groups excluding carboxylic acids is 1. The van der Waals surface area contributed by atoms with Gasteiger partial charge in [0.15, 0.2) is 0 Å². The van der Waals surface area contributed by atoms with Crippen LogP contribution in [0.3, 0.4) is 0 Å². The van der Waals surface area contributed by atoms with Crippen LogP contribution in [0.4, 0.5) is 10.5 Å². The minimum absolute atomic E-state index is 0.128. The zero-order chi connectivity index (χ0) is 15.9. The SMILES string of the molecule is COc1ccc(NC(=O)N[C@H](C)CN2CCC[C@@H](C)C2)cc1. The van der Waals surface area contributed by atoms with Gasteiger partial charge < -0.3 is 20.3 Å². The van der Waals surface area contributed by atoms with E-state index < -0.39 is 0 Å². The zero-order valence-corrected chi connectivity index (χ0v) is 13.8. The number of likely N-dealkylation sites (tertiary alicyclic amines) is 1. The molecule has 1 aliphatic heterocycles. The molecule has 1 aromatic carbocycles. The average molecular weight is 305 g/mol. The van der Waals surface area contributed by atoms with E-state index >= 15 is 0 Å². The molecule has 2 amide bonds. The first-order chi connectivity index (χ1) is 10.6. The summed E-state index contributed by atoms with van der Waals surface area (Å²) in [5, 5.41) is 5.84. The van der Waals surface area contributed by atoms with E-state index in [1.807, 2.05) is 31.2 Å². The molecule has 0 unspecified atom stereocenters. The number of carbonyl (C=O) groups is 1. The molecule has 0 aliphatic carbocycles. The molecular weight excluding hydrogens is 278 g/mol. The number of urea groups is 1. The first kappa shape index (κ1) is 16.6. The summed E-state index contributed by atoms with van der Waals surface area (Å²) in [4.78, 5) is 14.4. The molecule has 1 aliphatic rings. The molecule has 0 radical (unpaired) electrons. The summed E-state index contributed by atoms with van der Waals surface area (Å²) in [5.74, 6) is 1.53. The second kappa shape index (κ2) is 8.03. The van der Waals surface area contributed by atoms with Crippen LogP contribution >= 0.6 is 0 Å². The molecule has 22 heavy (non-hydrogen) atoms. The topological polar surface area (TPSA) is 53.6 Å². The van der Waals surface area contributed by atoms with Crippen molar-refractivity contribution < 1.29 is 9.53 Å². The maximum Gasteiger partial charge on any atom is 0.319 e. The lowest BCUT2D eigenvalue weighted by Crippen LogP contribution is -2.46. The maximum absolute atomic E-state index is 12.0. The normalized spacial score (nSPS) is 20.2. The molecule has 1 saturated heterocycles. The molecule has 0 bridgehead atoms. The Labute approximate surface area is 133 Å². The molecular formula is C17H27N3O2. The molecule has 122 valence electrons. The highest BCUT2D eigenvalue weighted by Gasteiger charge is 2.18. The fourth-order valence-corrected chi connectivity index (χ4v) is 2.95. The first-order valence-corrected chi connectivity index (χ1v) is 8.00. The van der Waals surface area contributed by atoms with Crippen LogP contribution in [-0.4, -0.2) is 43.7 Å². The molecule has 0 saturated carbocycles. The predicted molar refractivity (Wildman–Crippen MR) is 89.4 cm³/mol. The largest absolute Gasteiger partial charge is 0.497 e. The van der Waals surface area contributed by atoms with Gasteiger partial charge in [0.1, 0.15) is 5.75 Å². The van der Waals surface area contributed by atoms with Gasteiger partial charge in [0.25, 0.3) is 0 Å². The number of benzene rings is 1. The van der Waals surface area contributed by atoms with Gasteiger partial charge in [0.2, 0.25) is 0 Å². The molecule has 1 heterocycles. The molecule has 2 atom stereocenters. The summed E-state index contributed by atoms with van der Waals surface area (Å²) < 4.78 is 5.10. The summed E-state index contributed by atoms with van der Waals surface area (Å²) in [7, 11) is 1.62. The van der Waals surface area contributed by atoms with Crippen molar-refractivity contribution in [1.29, 1.82) is 0 Å². The minimum atomic E-state index is -0.164. The minimum Gasteiger partial charge on any atom is -0.497 e.